The zero-order valence-corrected chi connectivity index (χ0v) is 10.1. The van der Waals surface area contributed by atoms with Gasteiger partial charge in [-0.2, -0.15) is 0 Å². The Morgan fingerprint density at radius 3 is 2.74 bits per heavy atom. The van der Waals surface area contributed by atoms with Crippen molar-refractivity contribution in [2.75, 3.05) is 0 Å². The van der Waals surface area contributed by atoms with Crippen molar-refractivity contribution in [2.45, 2.75) is 25.5 Å². The molecule has 1 saturated heterocycles. The van der Waals surface area contributed by atoms with Gasteiger partial charge in [-0.15, -0.1) is 0 Å². The summed E-state index contributed by atoms with van der Waals surface area (Å²) in [5.41, 5.74) is 1.47. The third-order valence-corrected chi connectivity index (χ3v) is 3.23. The molecule has 1 atom stereocenters. The van der Waals surface area contributed by atoms with Gasteiger partial charge in [0.25, 0.3) is 11.8 Å². The largest absolute Gasteiger partial charge is 0.294 e. The monoisotopic (exact) mass is 260 g/mol. The van der Waals surface area contributed by atoms with Gasteiger partial charge in [0.2, 0.25) is 5.91 Å². The highest BCUT2D eigenvalue weighted by atomic mass is 16.7. The zero-order chi connectivity index (χ0) is 13.4. The van der Waals surface area contributed by atoms with Crippen molar-refractivity contribution >= 4 is 17.7 Å². The molecule has 0 radical (unpaired) electrons. The van der Waals surface area contributed by atoms with Gasteiger partial charge in [0.1, 0.15) is 0 Å². The molecule has 0 bridgehead atoms. The molecule has 0 aliphatic carbocycles. The number of hydroxylamine groups is 2. The van der Waals surface area contributed by atoms with E-state index in [1.807, 2.05) is 12.1 Å². The number of carbonyl (C=O) groups excluding carboxylic acids is 3. The predicted molar refractivity (Wildman–Crippen MR) is 63.6 cm³/mol. The number of carbonyl (C=O) groups is 3. The molecule has 3 amide bonds. The number of nitrogens with one attached hydrogen (secondary N) is 1. The molecule has 1 fully saturated rings. The number of imide groups is 1. The molecular weight excluding hydrogens is 248 g/mol. The summed E-state index contributed by atoms with van der Waals surface area (Å²) in [5, 5.41) is 3.38. The first kappa shape index (κ1) is 11.9. The van der Waals surface area contributed by atoms with E-state index in [4.69, 9.17) is 4.84 Å². The Kier molecular flexibility index (Phi) is 2.79. The lowest BCUT2D eigenvalue weighted by Gasteiger charge is -2.25. The van der Waals surface area contributed by atoms with Crippen molar-refractivity contribution < 1.29 is 19.2 Å². The summed E-state index contributed by atoms with van der Waals surface area (Å²) in [6, 6.07) is 7.21. The molecule has 2 heterocycles. The molecule has 2 aliphatic heterocycles. The predicted octanol–water partition coefficient (Wildman–Crippen LogP) is 0.379. The Balaban J connectivity index is 1.71. The summed E-state index contributed by atoms with van der Waals surface area (Å²) in [4.78, 5) is 40.1. The van der Waals surface area contributed by atoms with Gasteiger partial charge >= 0.3 is 0 Å². The zero-order valence-electron chi connectivity index (χ0n) is 10.1. The molecule has 0 saturated carbocycles. The van der Waals surface area contributed by atoms with Gasteiger partial charge in [-0.25, -0.2) is 5.06 Å². The van der Waals surface area contributed by atoms with E-state index in [0.29, 0.717) is 18.5 Å². The number of benzene rings is 1. The smallest absolute Gasteiger partial charge is 0.278 e. The molecule has 0 aromatic heterocycles. The van der Waals surface area contributed by atoms with Crippen molar-refractivity contribution in [1.82, 2.24) is 10.4 Å². The average molecular weight is 260 g/mol. The van der Waals surface area contributed by atoms with Gasteiger partial charge in [-0.3, -0.25) is 24.5 Å². The summed E-state index contributed by atoms with van der Waals surface area (Å²) in [6.07, 6.45) is -0.258. The van der Waals surface area contributed by atoms with Crippen LogP contribution in [0, 0.1) is 0 Å². The van der Waals surface area contributed by atoms with Crippen LogP contribution < -0.4 is 5.32 Å². The molecule has 98 valence electrons. The number of hydrogen-bond donors (Lipinski definition) is 1. The van der Waals surface area contributed by atoms with Gasteiger partial charge in [-0.1, -0.05) is 18.2 Å². The topological polar surface area (TPSA) is 75.7 Å². The second-order valence-corrected chi connectivity index (χ2v) is 4.54. The van der Waals surface area contributed by atoms with E-state index in [2.05, 4.69) is 5.32 Å². The number of hydrogen-bond acceptors (Lipinski definition) is 4. The second kappa shape index (κ2) is 4.47. The van der Waals surface area contributed by atoms with Crippen LogP contribution in [0.3, 0.4) is 0 Å². The molecule has 0 spiro atoms. The molecular formula is C13H12N2O4. The fourth-order valence-corrected chi connectivity index (χ4v) is 2.24. The van der Waals surface area contributed by atoms with Gasteiger partial charge in [0.15, 0.2) is 6.10 Å². The summed E-state index contributed by atoms with van der Waals surface area (Å²) >= 11 is 0. The van der Waals surface area contributed by atoms with E-state index in [-0.39, 0.29) is 18.2 Å². The summed E-state index contributed by atoms with van der Waals surface area (Å²) in [5.74, 6) is -1.04. The molecule has 6 nitrogen and oxygen atoms in total. The third kappa shape index (κ3) is 2.10. The molecule has 6 heteroatoms. The lowest BCUT2D eigenvalue weighted by atomic mass is 10.1. The Morgan fingerprint density at radius 2 is 2.00 bits per heavy atom. The Labute approximate surface area is 109 Å². The second-order valence-electron chi connectivity index (χ2n) is 4.54. The van der Waals surface area contributed by atoms with Crippen LogP contribution in [0.2, 0.25) is 0 Å². The lowest BCUT2D eigenvalue weighted by molar-refractivity contribution is -0.183. The maximum Gasteiger partial charge on any atom is 0.278 e. The van der Waals surface area contributed by atoms with E-state index in [1.165, 1.54) is 5.06 Å². The van der Waals surface area contributed by atoms with E-state index in [0.717, 1.165) is 5.56 Å². The maximum atomic E-state index is 12.0. The van der Waals surface area contributed by atoms with Gasteiger partial charge in [0.05, 0.1) is 6.54 Å². The molecule has 19 heavy (non-hydrogen) atoms. The highest BCUT2D eigenvalue weighted by molar-refractivity contribution is 6.00. The van der Waals surface area contributed by atoms with E-state index in [9.17, 15) is 14.4 Å². The van der Waals surface area contributed by atoms with Crippen LogP contribution >= 0.6 is 0 Å². The first-order chi connectivity index (χ1) is 9.15. The van der Waals surface area contributed by atoms with Crippen molar-refractivity contribution in [3.63, 3.8) is 0 Å². The quantitative estimate of drug-likeness (QED) is 0.780. The first-order valence-electron chi connectivity index (χ1n) is 6.05. The summed E-state index contributed by atoms with van der Waals surface area (Å²) in [6.45, 7) is 0.326. The summed E-state index contributed by atoms with van der Waals surface area (Å²) < 4.78 is 0. The van der Waals surface area contributed by atoms with Crippen LogP contribution in [-0.4, -0.2) is 28.9 Å². The van der Waals surface area contributed by atoms with Crippen LogP contribution in [0.4, 0.5) is 0 Å². The standard InChI is InChI=1S/C13H12N2O4/c16-11-6-5-10(12(17)14-11)19-15-7-8-3-1-2-4-9(8)13(15)18/h1-4,10H,5-7H2,(H,14,16,17). The molecule has 1 unspecified atom stereocenters. The minimum Gasteiger partial charge on any atom is -0.294 e. The Hall–Kier alpha value is -2.21. The van der Waals surface area contributed by atoms with Crippen LogP contribution in [0.5, 0.6) is 0 Å². The summed E-state index contributed by atoms with van der Waals surface area (Å²) in [7, 11) is 0. The van der Waals surface area contributed by atoms with Gasteiger partial charge < -0.3 is 0 Å². The molecule has 1 N–H and O–H groups in total. The lowest BCUT2D eigenvalue weighted by Crippen LogP contribution is -2.47. The van der Waals surface area contributed by atoms with Crippen LogP contribution in [0.1, 0.15) is 28.8 Å². The number of nitrogens with zero attached hydrogens (tertiary/aromatic N) is 1. The normalized spacial score (nSPS) is 22.4. The maximum absolute atomic E-state index is 12.0. The number of piperidine rings is 1. The Bertz CT molecular complexity index is 570. The highest BCUT2D eigenvalue weighted by Gasteiger charge is 2.34. The van der Waals surface area contributed by atoms with Gasteiger partial charge in [-0.05, 0) is 18.1 Å². The van der Waals surface area contributed by atoms with Crippen LogP contribution in [0.15, 0.2) is 24.3 Å². The van der Waals surface area contributed by atoms with E-state index >= 15 is 0 Å². The molecule has 3 rings (SSSR count). The first-order valence-corrected chi connectivity index (χ1v) is 6.05. The molecule has 1 aromatic rings. The molecule has 2 aliphatic rings. The van der Waals surface area contributed by atoms with Crippen molar-refractivity contribution in [2.24, 2.45) is 0 Å². The van der Waals surface area contributed by atoms with Crippen molar-refractivity contribution in [3.8, 4) is 0 Å². The van der Waals surface area contributed by atoms with Crippen LogP contribution in [-0.2, 0) is 21.0 Å². The van der Waals surface area contributed by atoms with Crippen molar-refractivity contribution in [1.29, 1.82) is 0 Å². The SMILES string of the molecule is O=C1CCC(ON2Cc3ccccc3C2=O)C(=O)N1. The number of rotatable bonds is 2. The number of amides is 3. The van der Waals surface area contributed by atoms with Crippen LogP contribution in [0.25, 0.3) is 0 Å². The minimum atomic E-state index is -0.782. The van der Waals surface area contributed by atoms with Gasteiger partial charge in [0, 0.05) is 12.0 Å². The minimum absolute atomic E-state index is 0.228. The Morgan fingerprint density at radius 1 is 1.21 bits per heavy atom. The third-order valence-electron chi connectivity index (χ3n) is 3.23. The van der Waals surface area contributed by atoms with E-state index < -0.39 is 12.0 Å². The van der Waals surface area contributed by atoms with E-state index in [1.54, 1.807) is 12.1 Å². The fraction of sp³-hybridized carbons (Fsp3) is 0.308. The highest BCUT2D eigenvalue weighted by Crippen LogP contribution is 2.24. The average Bonchev–Trinajstić information content (AvgIpc) is 2.70. The number of fused-ring (bicyclic) bond motifs is 1. The molecule has 1 aromatic carbocycles. The fourth-order valence-electron chi connectivity index (χ4n) is 2.24. The van der Waals surface area contributed by atoms with Crippen molar-refractivity contribution in [3.05, 3.63) is 35.4 Å².